The summed E-state index contributed by atoms with van der Waals surface area (Å²) in [5, 5.41) is 4.53. The van der Waals surface area contributed by atoms with Crippen LogP contribution >= 0.6 is 11.6 Å². The van der Waals surface area contributed by atoms with Gasteiger partial charge < -0.3 is 15.1 Å². The maximum atomic E-state index is 6.21. The highest BCUT2D eigenvalue weighted by molar-refractivity contribution is 6.30. The summed E-state index contributed by atoms with van der Waals surface area (Å²) in [4.78, 5) is 10.3. The van der Waals surface area contributed by atoms with Crippen LogP contribution in [0.1, 0.15) is 36.8 Å². The summed E-state index contributed by atoms with van der Waals surface area (Å²) in [6.07, 6.45) is 6.15. The van der Waals surface area contributed by atoms with Crippen molar-refractivity contribution in [3.05, 3.63) is 64.7 Å². The van der Waals surface area contributed by atoms with E-state index >= 15 is 0 Å². The molecule has 2 heterocycles. The third-order valence-electron chi connectivity index (χ3n) is 7.78. The number of nitrogens with one attached hydrogen (secondary N) is 1. The fourth-order valence-corrected chi connectivity index (χ4v) is 5.95. The highest BCUT2D eigenvalue weighted by Crippen LogP contribution is 2.46. The number of likely N-dealkylation sites (N-methyl/N-ethyl adjacent to an activating group) is 1. The molecule has 2 fully saturated rings. The van der Waals surface area contributed by atoms with Crippen molar-refractivity contribution < 1.29 is 0 Å². The summed E-state index contributed by atoms with van der Waals surface area (Å²) in [6.45, 7) is 6.80. The van der Waals surface area contributed by atoms with E-state index < -0.39 is 0 Å². The number of anilines is 1. The Morgan fingerprint density at radius 1 is 1.03 bits per heavy atom. The first-order valence-corrected chi connectivity index (χ1v) is 12.5. The van der Waals surface area contributed by atoms with Gasteiger partial charge in [0.15, 0.2) is 0 Å². The molecule has 1 N–H and O–H groups in total. The molecule has 0 unspecified atom stereocenters. The summed E-state index contributed by atoms with van der Waals surface area (Å²) >= 11 is 6.21. The molecule has 0 atom stereocenters. The lowest BCUT2D eigenvalue weighted by atomic mass is 9.65. The zero-order chi connectivity index (χ0) is 22.0. The molecule has 0 amide bonds. The van der Waals surface area contributed by atoms with Gasteiger partial charge in [0.25, 0.3) is 0 Å². The second-order valence-corrected chi connectivity index (χ2v) is 10.5. The Kier molecular flexibility index (Phi) is 6.54. The van der Waals surface area contributed by atoms with E-state index in [1.165, 1.54) is 81.1 Å². The van der Waals surface area contributed by atoms with Crippen LogP contribution in [0.5, 0.6) is 0 Å². The van der Waals surface area contributed by atoms with Crippen LogP contribution in [0.4, 0.5) is 5.69 Å². The van der Waals surface area contributed by atoms with Crippen molar-refractivity contribution in [3.8, 4) is 0 Å². The summed E-state index contributed by atoms with van der Waals surface area (Å²) in [5.74, 6) is 2.00. The van der Waals surface area contributed by atoms with Gasteiger partial charge in [-0.25, -0.2) is 0 Å². The normalized spacial score (nSPS) is 27.9. The largest absolute Gasteiger partial charge is 0.343 e. The Morgan fingerprint density at radius 3 is 2.59 bits per heavy atom. The first kappa shape index (κ1) is 21.9. The number of halogens is 1. The van der Waals surface area contributed by atoms with Crippen molar-refractivity contribution in [2.45, 2.75) is 38.6 Å². The van der Waals surface area contributed by atoms with Crippen molar-refractivity contribution in [1.82, 2.24) is 9.80 Å². The van der Waals surface area contributed by atoms with Crippen LogP contribution in [0.15, 0.2) is 53.5 Å². The van der Waals surface area contributed by atoms with Crippen LogP contribution in [0.3, 0.4) is 0 Å². The highest BCUT2D eigenvalue weighted by Gasteiger charge is 2.43. The molecular weight excluding hydrogens is 416 g/mol. The van der Waals surface area contributed by atoms with Gasteiger partial charge in [0.05, 0.1) is 6.54 Å². The van der Waals surface area contributed by atoms with Crippen molar-refractivity contribution in [2.75, 3.05) is 45.1 Å². The minimum atomic E-state index is 0.144. The molecule has 2 aromatic carbocycles. The molecule has 4 nitrogen and oxygen atoms in total. The van der Waals surface area contributed by atoms with E-state index in [4.69, 9.17) is 16.6 Å². The Bertz CT molecular complexity index is 956. The van der Waals surface area contributed by atoms with Crippen LogP contribution < -0.4 is 5.32 Å². The van der Waals surface area contributed by atoms with Crippen LogP contribution in [0.25, 0.3) is 0 Å². The standard InChI is InChI=1S/C27H35ClN4/c1-31-13-15-32(16-14-31)20-21-9-11-27(12-10-21)18-23-6-2-3-8-25(23)30-26(27)29-19-22-5-4-7-24(28)17-22/h2-8,17,21H,9-16,18-20H2,1H3,(H,29,30). The third kappa shape index (κ3) is 4.88. The minimum Gasteiger partial charge on any atom is -0.343 e. The minimum absolute atomic E-state index is 0.144. The lowest BCUT2D eigenvalue weighted by Crippen LogP contribution is -2.48. The molecule has 1 saturated heterocycles. The van der Waals surface area contributed by atoms with Crippen LogP contribution in [-0.2, 0) is 13.0 Å². The number of fused-ring (bicyclic) bond motifs is 1. The van der Waals surface area contributed by atoms with E-state index in [-0.39, 0.29) is 5.41 Å². The van der Waals surface area contributed by atoms with Gasteiger partial charge in [-0.3, -0.25) is 4.99 Å². The molecule has 0 aromatic heterocycles. The average molecular weight is 451 g/mol. The van der Waals surface area contributed by atoms with Gasteiger partial charge >= 0.3 is 0 Å². The zero-order valence-corrected chi connectivity index (χ0v) is 19.9. The Morgan fingerprint density at radius 2 is 1.81 bits per heavy atom. The summed E-state index contributed by atoms with van der Waals surface area (Å²) in [7, 11) is 2.24. The van der Waals surface area contributed by atoms with Crippen molar-refractivity contribution >= 4 is 23.1 Å². The molecule has 2 aromatic rings. The van der Waals surface area contributed by atoms with E-state index in [2.05, 4.69) is 52.5 Å². The quantitative estimate of drug-likeness (QED) is 0.682. The number of para-hydroxylation sites is 1. The van der Waals surface area contributed by atoms with E-state index in [0.29, 0.717) is 6.54 Å². The predicted octanol–water partition coefficient (Wildman–Crippen LogP) is 5.33. The van der Waals surface area contributed by atoms with Gasteiger partial charge in [0.2, 0.25) is 0 Å². The van der Waals surface area contributed by atoms with Crippen molar-refractivity contribution in [1.29, 1.82) is 0 Å². The molecule has 1 spiro atoms. The summed E-state index contributed by atoms with van der Waals surface area (Å²) in [6, 6.07) is 16.8. The van der Waals surface area contributed by atoms with Crippen molar-refractivity contribution in [3.63, 3.8) is 0 Å². The monoisotopic (exact) mass is 450 g/mol. The lowest BCUT2D eigenvalue weighted by molar-refractivity contribution is 0.111. The maximum Gasteiger partial charge on any atom is 0.108 e. The molecular formula is C27H35ClN4. The molecule has 5 rings (SSSR count). The topological polar surface area (TPSA) is 30.9 Å². The fraction of sp³-hybridized carbons (Fsp3) is 0.519. The predicted molar refractivity (Wildman–Crippen MR) is 135 cm³/mol. The molecule has 170 valence electrons. The van der Waals surface area contributed by atoms with E-state index in [0.717, 1.165) is 17.4 Å². The second kappa shape index (κ2) is 9.54. The van der Waals surface area contributed by atoms with Crippen molar-refractivity contribution in [2.24, 2.45) is 16.3 Å². The van der Waals surface area contributed by atoms with Crippen LogP contribution in [0, 0.1) is 11.3 Å². The van der Waals surface area contributed by atoms with Gasteiger partial charge in [0.1, 0.15) is 5.84 Å². The number of hydrogen-bond acceptors (Lipinski definition) is 3. The summed E-state index contributed by atoms with van der Waals surface area (Å²) in [5.41, 5.74) is 3.98. The van der Waals surface area contributed by atoms with E-state index in [9.17, 15) is 0 Å². The SMILES string of the molecule is CN1CCN(CC2CCC3(CC2)Cc2ccccc2NC3=NCc2cccc(Cl)c2)CC1. The maximum absolute atomic E-state index is 6.21. The van der Waals surface area contributed by atoms with Gasteiger partial charge in [-0.15, -0.1) is 0 Å². The lowest BCUT2D eigenvalue weighted by Gasteiger charge is -2.45. The number of aliphatic imine (C=N–C) groups is 1. The Labute approximate surface area is 197 Å². The van der Waals surface area contributed by atoms with E-state index in [1.54, 1.807) is 0 Å². The first-order valence-electron chi connectivity index (χ1n) is 12.1. The average Bonchev–Trinajstić information content (AvgIpc) is 2.81. The number of nitrogens with zero attached hydrogens (tertiary/aromatic N) is 3. The Balaban J connectivity index is 1.31. The molecule has 1 aliphatic carbocycles. The number of hydrogen-bond donors (Lipinski definition) is 1. The van der Waals surface area contributed by atoms with Crippen LogP contribution in [0.2, 0.25) is 5.02 Å². The van der Waals surface area contributed by atoms with Gasteiger partial charge in [-0.1, -0.05) is 41.9 Å². The first-order chi connectivity index (χ1) is 15.6. The highest BCUT2D eigenvalue weighted by atomic mass is 35.5. The van der Waals surface area contributed by atoms with Crippen LogP contribution in [-0.4, -0.2) is 55.4 Å². The molecule has 0 radical (unpaired) electrons. The van der Waals surface area contributed by atoms with E-state index in [1.807, 2.05) is 18.2 Å². The van der Waals surface area contributed by atoms with Gasteiger partial charge in [0, 0.05) is 48.8 Å². The second-order valence-electron chi connectivity index (χ2n) is 10.1. The number of piperazine rings is 1. The van der Waals surface area contributed by atoms with Gasteiger partial charge in [-0.2, -0.15) is 0 Å². The fourth-order valence-electron chi connectivity index (χ4n) is 5.74. The number of amidine groups is 1. The smallest absolute Gasteiger partial charge is 0.108 e. The molecule has 3 aliphatic rings. The number of benzene rings is 2. The molecule has 2 aliphatic heterocycles. The molecule has 32 heavy (non-hydrogen) atoms. The summed E-state index contributed by atoms with van der Waals surface area (Å²) < 4.78 is 0. The third-order valence-corrected chi connectivity index (χ3v) is 8.02. The molecule has 1 saturated carbocycles. The Hall–Kier alpha value is -1.88. The zero-order valence-electron chi connectivity index (χ0n) is 19.2. The molecule has 5 heteroatoms. The molecule has 0 bridgehead atoms. The number of rotatable bonds is 4. The van der Waals surface area contributed by atoms with Gasteiger partial charge in [-0.05, 0) is 74.4 Å².